The maximum Gasteiger partial charge on any atom is 0.339 e. The van der Waals surface area contributed by atoms with Gasteiger partial charge in [-0.1, -0.05) is 18.2 Å². The van der Waals surface area contributed by atoms with Crippen molar-refractivity contribution in [1.29, 1.82) is 0 Å². The molecule has 4 aromatic heterocycles. The van der Waals surface area contributed by atoms with E-state index in [0.717, 1.165) is 27.3 Å². The maximum absolute atomic E-state index is 13.1. The molecule has 5 rings (SSSR count). The molecule has 0 atom stereocenters. The second-order valence-corrected chi connectivity index (χ2v) is 8.00. The third kappa shape index (κ3) is 3.55. The van der Waals surface area contributed by atoms with Gasteiger partial charge in [-0.05, 0) is 43.5 Å². The van der Waals surface area contributed by atoms with E-state index in [0.29, 0.717) is 28.8 Å². The number of rotatable bonds is 5. The summed E-state index contributed by atoms with van der Waals surface area (Å²) in [6, 6.07) is 13.4. The zero-order chi connectivity index (χ0) is 21.4. The highest BCUT2D eigenvalue weighted by atomic mass is 32.1. The summed E-state index contributed by atoms with van der Waals surface area (Å²) in [4.78, 5) is 28.0. The monoisotopic (exact) mass is 429 g/mol. The smallest absolute Gasteiger partial charge is 0.339 e. The first-order chi connectivity index (χ1) is 15.1. The van der Waals surface area contributed by atoms with Crippen LogP contribution in [-0.2, 0) is 17.9 Å². The van der Waals surface area contributed by atoms with Crippen molar-refractivity contribution in [3.05, 3.63) is 71.0 Å². The number of esters is 1. The van der Waals surface area contributed by atoms with Gasteiger partial charge in [0.2, 0.25) is 0 Å². The number of carbonyl (C=O) groups is 1. The Morgan fingerprint density at radius 1 is 1.10 bits per heavy atom. The maximum atomic E-state index is 13.1. The zero-order valence-corrected chi connectivity index (χ0v) is 17.9. The van der Waals surface area contributed by atoms with Crippen LogP contribution in [0.1, 0.15) is 28.7 Å². The van der Waals surface area contributed by atoms with Crippen molar-refractivity contribution in [2.45, 2.75) is 27.0 Å². The fourth-order valence-electron chi connectivity index (χ4n) is 3.47. The van der Waals surface area contributed by atoms with E-state index in [-0.39, 0.29) is 6.61 Å². The number of hydrogen-bond donors (Lipinski definition) is 0. The number of pyridine rings is 1. The topological polar surface area (TPSA) is 82.8 Å². The lowest BCUT2D eigenvalue weighted by Gasteiger charge is -2.10. The molecule has 0 N–H and O–H groups in total. The molecule has 0 saturated heterocycles. The zero-order valence-electron chi connectivity index (χ0n) is 17.1. The van der Waals surface area contributed by atoms with Crippen molar-refractivity contribution < 1.29 is 9.53 Å². The first-order valence-electron chi connectivity index (χ1n) is 9.94. The Labute approximate surface area is 182 Å². The standard InChI is InChI=1S/C23H19N5O2S/c1-3-28-22-16(12-24-28)15(11-19(27-22)21-9-6-10-31-21)23(29)30-13-20-14(2)25-17-7-4-5-8-18(17)26-20/h4-12H,3,13H2,1-2H3. The van der Waals surface area contributed by atoms with Gasteiger partial charge in [0, 0.05) is 6.54 Å². The predicted molar refractivity (Wildman–Crippen MR) is 120 cm³/mol. The fraction of sp³-hybridized carbons (Fsp3) is 0.174. The normalized spacial score (nSPS) is 11.3. The van der Waals surface area contributed by atoms with Gasteiger partial charge in [-0.3, -0.25) is 0 Å². The van der Waals surface area contributed by atoms with Crippen LogP contribution in [-0.4, -0.2) is 30.7 Å². The van der Waals surface area contributed by atoms with Crippen molar-refractivity contribution in [3.8, 4) is 10.6 Å². The van der Waals surface area contributed by atoms with Gasteiger partial charge in [0.15, 0.2) is 5.65 Å². The summed E-state index contributed by atoms with van der Waals surface area (Å²) in [5, 5.41) is 7.03. The number of para-hydroxylation sites is 2. The molecule has 31 heavy (non-hydrogen) atoms. The number of nitrogens with zero attached hydrogens (tertiary/aromatic N) is 5. The van der Waals surface area contributed by atoms with Crippen LogP contribution in [0.5, 0.6) is 0 Å². The first kappa shape index (κ1) is 19.3. The largest absolute Gasteiger partial charge is 0.455 e. The number of benzene rings is 1. The van der Waals surface area contributed by atoms with Gasteiger partial charge in [0.1, 0.15) is 6.61 Å². The predicted octanol–water partition coefficient (Wildman–Crippen LogP) is 4.79. The van der Waals surface area contributed by atoms with E-state index < -0.39 is 5.97 Å². The highest BCUT2D eigenvalue weighted by Crippen LogP contribution is 2.28. The summed E-state index contributed by atoms with van der Waals surface area (Å²) in [7, 11) is 0. The molecule has 7 nitrogen and oxygen atoms in total. The van der Waals surface area contributed by atoms with Crippen molar-refractivity contribution >= 4 is 39.4 Å². The first-order valence-corrected chi connectivity index (χ1v) is 10.8. The van der Waals surface area contributed by atoms with Gasteiger partial charge in [-0.2, -0.15) is 5.10 Å². The molecule has 0 amide bonds. The van der Waals surface area contributed by atoms with E-state index in [1.54, 1.807) is 28.3 Å². The number of fused-ring (bicyclic) bond motifs is 2. The van der Waals surface area contributed by atoms with Gasteiger partial charge in [-0.25, -0.2) is 24.4 Å². The summed E-state index contributed by atoms with van der Waals surface area (Å²) < 4.78 is 7.44. The minimum atomic E-state index is -0.435. The molecule has 0 saturated carbocycles. The second kappa shape index (κ2) is 7.88. The van der Waals surface area contributed by atoms with Gasteiger partial charge in [0.05, 0.1) is 50.1 Å². The van der Waals surface area contributed by atoms with Gasteiger partial charge in [0.25, 0.3) is 0 Å². The van der Waals surface area contributed by atoms with E-state index in [2.05, 4.69) is 15.1 Å². The van der Waals surface area contributed by atoms with Crippen LogP contribution in [0.25, 0.3) is 32.6 Å². The SMILES string of the molecule is CCn1ncc2c(C(=O)OCc3nc4ccccc4nc3C)cc(-c3cccs3)nc21. The molecular formula is C23H19N5O2S. The Bertz CT molecular complexity index is 1410. The molecule has 1 aromatic carbocycles. The van der Waals surface area contributed by atoms with Gasteiger partial charge >= 0.3 is 5.97 Å². The summed E-state index contributed by atoms with van der Waals surface area (Å²) in [6.07, 6.45) is 1.67. The molecule has 0 aliphatic heterocycles. The number of hydrogen-bond acceptors (Lipinski definition) is 7. The molecule has 5 aromatic rings. The molecule has 0 fully saturated rings. The lowest BCUT2D eigenvalue weighted by atomic mass is 10.1. The van der Waals surface area contributed by atoms with Crippen LogP contribution in [0, 0.1) is 6.92 Å². The van der Waals surface area contributed by atoms with Crippen LogP contribution in [0.3, 0.4) is 0 Å². The summed E-state index contributed by atoms with van der Waals surface area (Å²) >= 11 is 1.57. The van der Waals surface area contributed by atoms with Crippen molar-refractivity contribution in [2.75, 3.05) is 0 Å². The number of carbonyl (C=O) groups excluding carboxylic acids is 1. The summed E-state index contributed by atoms with van der Waals surface area (Å²) in [6.45, 7) is 4.56. The second-order valence-electron chi connectivity index (χ2n) is 7.05. The Kier molecular flexibility index (Phi) is 4.91. The van der Waals surface area contributed by atoms with Crippen LogP contribution in [0.15, 0.2) is 54.0 Å². The third-order valence-electron chi connectivity index (χ3n) is 5.09. The fourth-order valence-corrected chi connectivity index (χ4v) is 4.16. The molecule has 8 heteroatoms. The number of aromatic nitrogens is 5. The number of ether oxygens (including phenoxy) is 1. The molecule has 0 spiro atoms. The summed E-state index contributed by atoms with van der Waals surface area (Å²) in [5.41, 5.74) is 4.81. The highest BCUT2D eigenvalue weighted by Gasteiger charge is 2.19. The summed E-state index contributed by atoms with van der Waals surface area (Å²) in [5.74, 6) is -0.435. The number of aryl methyl sites for hydroxylation is 2. The molecule has 0 unspecified atom stereocenters. The molecule has 0 aliphatic rings. The quantitative estimate of drug-likeness (QED) is 0.374. The Morgan fingerprint density at radius 2 is 1.90 bits per heavy atom. The van der Waals surface area contributed by atoms with E-state index in [1.807, 2.05) is 55.6 Å². The number of thiophene rings is 1. The average molecular weight is 430 g/mol. The minimum absolute atomic E-state index is 0.0442. The van der Waals surface area contributed by atoms with Crippen LogP contribution in [0.4, 0.5) is 0 Å². The van der Waals surface area contributed by atoms with Gasteiger partial charge < -0.3 is 4.74 Å². The van der Waals surface area contributed by atoms with E-state index in [1.165, 1.54) is 0 Å². The van der Waals surface area contributed by atoms with Crippen LogP contribution < -0.4 is 0 Å². The molecule has 0 radical (unpaired) electrons. The highest BCUT2D eigenvalue weighted by molar-refractivity contribution is 7.13. The van der Waals surface area contributed by atoms with Crippen LogP contribution in [0.2, 0.25) is 0 Å². The Morgan fingerprint density at radius 3 is 2.65 bits per heavy atom. The lowest BCUT2D eigenvalue weighted by Crippen LogP contribution is -2.09. The van der Waals surface area contributed by atoms with E-state index in [9.17, 15) is 4.79 Å². The molecule has 4 heterocycles. The van der Waals surface area contributed by atoms with Crippen molar-refractivity contribution in [2.24, 2.45) is 0 Å². The lowest BCUT2D eigenvalue weighted by molar-refractivity contribution is 0.0469. The average Bonchev–Trinajstić information content (AvgIpc) is 3.46. The minimum Gasteiger partial charge on any atom is -0.455 e. The molecule has 0 bridgehead atoms. The van der Waals surface area contributed by atoms with Crippen molar-refractivity contribution in [1.82, 2.24) is 24.7 Å². The third-order valence-corrected chi connectivity index (χ3v) is 5.98. The molecule has 154 valence electrons. The van der Waals surface area contributed by atoms with Gasteiger partial charge in [-0.15, -0.1) is 11.3 Å². The van der Waals surface area contributed by atoms with E-state index in [4.69, 9.17) is 9.72 Å². The molecular weight excluding hydrogens is 410 g/mol. The van der Waals surface area contributed by atoms with Crippen molar-refractivity contribution in [3.63, 3.8) is 0 Å². The Hall–Kier alpha value is -3.65. The molecule has 0 aliphatic carbocycles. The van der Waals surface area contributed by atoms with E-state index >= 15 is 0 Å². The van der Waals surface area contributed by atoms with Crippen LogP contribution >= 0.6 is 11.3 Å². The Balaban J connectivity index is 1.50.